The van der Waals surface area contributed by atoms with Crippen LogP contribution in [0.2, 0.25) is 0 Å². The Hall–Kier alpha value is -1.70. The van der Waals surface area contributed by atoms with Crippen molar-refractivity contribution in [3.63, 3.8) is 0 Å². The Morgan fingerprint density at radius 2 is 2.24 bits per heavy atom. The lowest BCUT2D eigenvalue weighted by Gasteiger charge is -2.42. The standard InChI is InChI=1S/C13H14F2N2O3S/c1-7-8(10(18)20-2)9(17-12(19)16-7)13(11(14)15)5-3-4-6-21-13/h3-6,8-9,11H,1-2H3,(H,17,19). The van der Waals surface area contributed by atoms with Gasteiger partial charge in [0.15, 0.2) is 0 Å². The van der Waals surface area contributed by atoms with Gasteiger partial charge in [-0.3, -0.25) is 4.79 Å². The number of carbonyl (C=O) groups excluding carboxylic acids is 2. The molecule has 0 aromatic heterocycles. The molecule has 0 bridgehead atoms. The van der Waals surface area contributed by atoms with Gasteiger partial charge in [0.1, 0.15) is 10.7 Å². The van der Waals surface area contributed by atoms with E-state index in [0.717, 1.165) is 11.8 Å². The van der Waals surface area contributed by atoms with Crippen molar-refractivity contribution in [3.8, 4) is 0 Å². The number of methoxy groups -OCH3 is 1. The smallest absolute Gasteiger partial charge is 0.341 e. The molecule has 0 spiro atoms. The minimum atomic E-state index is -2.79. The number of hydrogen-bond acceptors (Lipinski definition) is 4. The van der Waals surface area contributed by atoms with Crippen LogP contribution in [0, 0.1) is 5.92 Å². The number of ether oxygens (including phenoxy) is 1. The fourth-order valence-electron chi connectivity index (χ4n) is 2.41. The Bertz CT molecular complexity index is 548. The average Bonchev–Trinajstić information content (AvgIpc) is 2.46. The van der Waals surface area contributed by atoms with Gasteiger partial charge in [0.2, 0.25) is 0 Å². The summed E-state index contributed by atoms with van der Waals surface area (Å²) in [7, 11) is 1.17. The third kappa shape index (κ3) is 2.72. The maximum atomic E-state index is 13.7. The van der Waals surface area contributed by atoms with E-state index in [-0.39, 0.29) is 5.71 Å². The number of carbonyl (C=O) groups is 2. The molecule has 0 saturated heterocycles. The summed E-state index contributed by atoms with van der Waals surface area (Å²) >= 11 is 0.866. The summed E-state index contributed by atoms with van der Waals surface area (Å²) in [6.45, 7) is 1.46. The molecule has 2 aliphatic rings. The first-order chi connectivity index (χ1) is 9.92. The summed E-state index contributed by atoms with van der Waals surface area (Å²) in [5.74, 6) is -1.75. The van der Waals surface area contributed by atoms with Crippen molar-refractivity contribution in [1.82, 2.24) is 5.32 Å². The van der Waals surface area contributed by atoms with E-state index in [4.69, 9.17) is 0 Å². The van der Waals surface area contributed by atoms with Crippen molar-refractivity contribution in [1.29, 1.82) is 0 Å². The summed E-state index contributed by atoms with van der Waals surface area (Å²) in [6.07, 6.45) is 1.61. The second-order valence-corrected chi connectivity index (χ2v) is 5.86. The van der Waals surface area contributed by atoms with Crippen molar-refractivity contribution < 1.29 is 23.1 Å². The summed E-state index contributed by atoms with van der Waals surface area (Å²) in [4.78, 5) is 27.2. The molecule has 3 unspecified atom stereocenters. The number of amides is 2. The molecule has 0 saturated carbocycles. The van der Waals surface area contributed by atoms with Crippen LogP contribution in [0.15, 0.2) is 28.6 Å². The van der Waals surface area contributed by atoms with Crippen molar-refractivity contribution in [2.75, 3.05) is 7.11 Å². The van der Waals surface area contributed by atoms with E-state index in [1.165, 1.54) is 31.6 Å². The van der Waals surface area contributed by atoms with Gasteiger partial charge in [0, 0.05) is 5.71 Å². The second kappa shape index (κ2) is 5.97. The van der Waals surface area contributed by atoms with Gasteiger partial charge < -0.3 is 10.1 Å². The zero-order valence-electron chi connectivity index (χ0n) is 11.4. The molecule has 8 heteroatoms. The molecular formula is C13H14F2N2O3S. The Kier molecular flexibility index (Phi) is 4.46. The number of urea groups is 1. The molecule has 0 aromatic rings. The average molecular weight is 316 g/mol. The van der Waals surface area contributed by atoms with Crippen LogP contribution in [0.3, 0.4) is 0 Å². The normalized spacial score (nSPS) is 31.9. The summed E-state index contributed by atoms with van der Waals surface area (Å²) in [5, 5.41) is 3.90. The van der Waals surface area contributed by atoms with Crippen LogP contribution in [0.1, 0.15) is 6.92 Å². The van der Waals surface area contributed by atoms with Gasteiger partial charge >= 0.3 is 12.0 Å². The first-order valence-corrected chi connectivity index (χ1v) is 7.04. The van der Waals surface area contributed by atoms with Gasteiger partial charge in [-0.05, 0) is 12.3 Å². The van der Waals surface area contributed by atoms with E-state index in [0.29, 0.717) is 0 Å². The zero-order valence-corrected chi connectivity index (χ0v) is 12.2. The maximum Gasteiger partial charge on any atom is 0.341 e. The van der Waals surface area contributed by atoms with Gasteiger partial charge in [0.05, 0.1) is 13.2 Å². The van der Waals surface area contributed by atoms with E-state index in [1.54, 1.807) is 6.08 Å². The van der Waals surface area contributed by atoms with E-state index in [2.05, 4.69) is 15.0 Å². The topological polar surface area (TPSA) is 67.8 Å². The molecule has 2 heterocycles. The van der Waals surface area contributed by atoms with Crippen molar-refractivity contribution in [3.05, 3.63) is 23.6 Å². The molecule has 114 valence electrons. The highest BCUT2D eigenvalue weighted by molar-refractivity contribution is 8.03. The highest BCUT2D eigenvalue weighted by atomic mass is 32.2. The molecule has 3 atom stereocenters. The predicted octanol–water partition coefficient (Wildman–Crippen LogP) is 2.15. The highest BCUT2D eigenvalue weighted by Crippen LogP contribution is 2.43. The van der Waals surface area contributed by atoms with Crippen LogP contribution >= 0.6 is 11.8 Å². The van der Waals surface area contributed by atoms with E-state index >= 15 is 0 Å². The van der Waals surface area contributed by atoms with Gasteiger partial charge in [-0.1, -0.05) is 18.2 Å². The number of hydrogen-bond donors (Lipinski definition) is 1. The second-order valence-electron chi connectivity index (χ2n) is 4.64. The molecule has 1 N–H and O–H groups in total. The monoisotopic (exact) mass is 316 g/mol. The third-order valence-corrected chi connectivity index (χ3v) is 4.71. The van der Waals surface area contributed by atoms with Gasteiger partial charge in [-0.2, -0.15) is 0 Å². The first-order valence-electron chi connectivity index (χ1n) is 6.16. The summed E-state index contributed by atoms with van der Waals surface area (Å²) in [6, 6.07) is -1.87. The van der Waals surface area contributed by atoms with Gasteiger partial charge in [-0.25, -0.2) is 18.6 Å². The van der Waals surface area contributed by atoms with Crippen LogP contribution in [0.4, 0.5) is 13.6 Å². The van der Waals surface area contributed by atoms with E-state index < -0.39 is 35.1 Å². The van der Waals surface area contributed by atoms with Gasteiger partial charge in [-0.15, -0.1) is 11.8 Å². The number of alkyl halides is 2. The number of esters is 1. The molecule has 2 rings (SSSR count). The lowest BCUT2D eigenvalue weighted by molar-refractivity contribution is -0.144. The van der Waals surface area contributed by atoms with Crippen LogP contribution in [0.5, 0.6) is 0 Å². The molecule has 2 amide bonds. The summed E-state index contributed by atoms with van der Waals surface area (Å²) in [5.41, 5.74) is 0.166. The number of halogens is 2. The highest BCUT2D eigenvalue weighted by Gasteiger charge is 2.54. The lowest BCUT2D eigenvalue weighted by atomic mass is 9.83. The molecule has 0 fully saturated rings. The minimum absolute atomic E-state index is 0.166. The molecule has 2 aliphatic heterocycles. The molecule has 21 heavy (non-hydrogen) atoms. The van der Waals surface area contributed by atoms with E-state index in [1.807, 2.05) is 0 Å². The van der Waals surface area contributed by atoms with Crippen LogP contribution in [-0.2, 0) is 9.53 Å². The lowest BCUT2D eigenvalue weighted by Crippen LogP contribution is -2.62. The Morgan fingerprint density at radius 3 is 2.76 bits per heavy atom. The van der Waals surface area contributed by atoms with Crippen molar-refractivity contribution in [2.24, 2.45) is 10.9 Å². The first kappa shape index (κ1) is 15.7. The predicted molar refractivity (Wildman–Crippen MR) is 75.5 cm³/mol. The Labute approximate surface area is 124 Å². The zero-order chi connectivity index (χ0) is 15.6. The van der Waals surface area contributed by atoms with Crippen LogP contribution < -0.4 is 5.32 Å². The van der Waals surface area contributed by atoms with Crippen LogP contribution in [-0.4, -0.2) is 42.0 Å². The summed E-state index contributed by atoms with van der Waals surface area (Å²) < 4.78 is 30.3. The number of thioether (sulfide) groups is 1. The number of aliphatic imine (C=N–C) groups is 1. The minimum Gasteiger partial charge on any atom is -0.468 e. The Balaban J connectivity index is 2.49. The third-order valence-electron chi connectivity index (χ3n) is 3.44. The fourth-order valence-corrected chi connectivity index (χ4v) is 3.42. The number of nitrogens with zero attached hydrogens (tertiary/aromatic N) is 1. The van der Waals surface area contributed by atoms with Crippen LogP contribution in [0.25, 0.3) is 0 Å². The van der Waals surface area contributed by atoms with Gasteiger partial charge in [0.25, 0.3) is 6.43 Å². The number of allylic oxidation sites excluding steroid dienone is 2. The Morgan fingerprint density at radius 1 is 1.52 bits per heavy atom. The van der Waals surface area contributed by atoms with Crippen molar-refractivity contribution >= 4 is 29.5 Å². The molecular weight excluding hydrogens is 302 g/mol. The quantitative estimate of drug-likeness (QED) is 0.810. The number of nitrogens with one attached hydrogen (secondary N) is 1. The molecule has 0 radical (unpaired) electrons. The van der Waals surface area contributed by atoms with E-state index in [9.17, 15) is 18.4 Å². The van der Waals surface area contributed by atoms with Crippen molar-refractivity contribution in [2.45, 2.75) is 24.1 Å². The maximum absolute atomic E-state index is 13.7. The fraction of sp³-hybridized carbons (Fsp3) is 0.462. The molecule has 0 aromatic carbocycles. The largest absolute Gasteiger partial charge is 0.468 e. The molecule has 5 nitrogen and oxygen atoms in total. The SMILES string of the molecule is COC(=O)C1C(C)=NC(=O)NC1C1(C(F)F)C=CC=CS1. The number of rotatable bonds is 3. The molecule has 0 aliphatic carbocycles.